The van der Waals surface area contributed by atoms with Crippen molar-refractivity contribution in [2.75, 3.05) is 26.1 Å². The van der Waals surface area contributed by atoms with Crippen LogP contribution in [0.4, 0.5) is 5.69 Å². The fourth-order valence-corrected chi connectivity index (χ4v) is 3.06. The van der Waals surface area contributed by atoms with E-state index >= 15 is 0 Å². The number of para-hydroxylation sites is 1. The van der Waals surface area contributed by atoms with E-state index in [1.54, 1.807) is 24.3 Å². The molecule has 2 N–H and O–H groups in total. The molecule has 0 saturated carbocycles. The van der Waals surface area contributed by atoms with Crippen molar-refractivity contribution in [1.82, 2.24) is 5.32 Å². The van der Waals surface area contributed by atoms with Gasteiger partial charge in [-0.1, -0.05) is 12.1 Å². The Morgan fingerprint density at radius 1 is 1.04 bits per heavy atom. The first-order valence-electron chi connectivity index (χ1n) is 7.20. The smallest absolute Gasteiger partial charge is 0.255 e. The van der Waals surface area contributed by atoms with Crippen LogP contribution in [-0.2, 0) is 4.79 Å². The second kappa shape index (κ2) is 8.87. The molecule has 0 heterocycles. The van der Waals surface area contributed by atoms with Crippen LogP contribution in [0.2, 0.25) is 0 Å². The fraction of sp³-hybridized carbons (Fsp3) is 0.176. The minimum Gasteiger partial charge on any atom is -0.497 e. The number of nitrogens with one attached hydrogen (secondary N) is 2. The van der Waals surface area contributed by atoms with Gasteiger partial charge in [-0.15, -0.1) is 0 Å². The Labute approximate surface area is 162 Å². The molecular formula is C17H16Br2N2O4. The normalized spacial score (nSPS) is 10.1. The van der Waals surface area contributed by atoms with Crippen LogP contribution in [0.5, 0.6) is 11.5 Å². The third-order valence-corrected chi connectivity index (χ3v) is 4.54. The number of ether oxygens (including phenoxy) is 2. The van der Waals surface area contributed by atoms with Gasteiger partial charge in [0.1, 0.15) is 11.5 Å². The lowest BCUT2D eigenvalue weighted by Gasteiger charge is -2.13. The van der Waals surface area contributed by atoms with Gasteiger partial charge in [-0.25, -0.2) is 0 Å². The SMILES string of the molecule is COc1cc(Br)c(OC)c(C(=O)NCC(=O)Nc2ccccc2Br)c1. The first-order valence-corrected chi connectivity index (χ1v) is 8.79. The molecule has 2 aromatic rings. The second-order valence-corrected chi connectivity index (χ2v) is 6.61. The van der Waals surface area contributed by atoms with E-state index in [4.69, 9.17) is 9.47 Å². The number of amides is 2. The van der Waals surface area contributed by atoms with Crippen LogP contribution >= 0.6 is 31.9 Å². The molecule has 25 heavy (non-hydrogen) atoms. The van der Waals surface area contributed by atoms with E-state index in [0.29, 0.717) is 21.7 Å². The summed E-state index contributed by atoms with van der Waals surface area (Å²) in [5, 5.41) is 5.28. The zero-order chi connectivity index (χ0) is 18.4. The van der Waals surface area contributed by atoms with Crippen molar-refractivity contribution in [2.45, 2.75) is 0 Å². The first kappa shape index (κ1) is 19.3. The first-order chi connectivity index (χ1) is 12.0. The molecule has 2 rings (SSSR count). The Hall–Kier alpha value is -2.06. The van der Waals surface area contributed by atoms with Crippen LogP contribution in [-0.4, -0.2) is 32.6 Å². The number of hydrogen-bond acceptors (Lipinski definition) is 4. The fourth-order valence-electron chi connectivity index (χ4n) is 2.08. The van der Waals surface area contributed by atoms with E-state index in [-0.39, 0.29) is 18.0 Å². The highest BCUT2D eigenvalue weighted by Crippen LogP contribution is 2.33. The Kier molecular flexibility index (Phi) is 6.83. The van der Waals surface area contributed by atoms with Gasteiger partial charge in [0.2, 0.25) is 5.91 Å². The molecule has 0 spiro atoms. The lowest BCUT2D eigenvalue weighted by atomic mass is 10.1. The standard InChI is InChI=1S/C17H16Br2N2O4/c1-24-10-7-11(16(25-2)13(19)8-10)17(23)20-9-15(22)21-14-6-4-3-5-12(14)18/h3-8H,9H2,1-2H3,(H,20,23)(H,21,22). The number of benzene rings is 2. The maximum absolute atomic E-state index is 12.4. The van der Waals surface area contributed by atoms with Crippen LogP contribution in [0.25, 0.3) is 0 Å². The molecule has 0 aliphatic carbocycles. The van der Waals surface area contributed by atoms with Gasteiger partial charge in [-0.05, 0) is 56.1 Å². The number of halogens is 2. The lowest BCUT2D eigenvalue weighted by Crippen LogP contribution is -2.33. The molecule has 6 nitrogen and oxygen atoms in total. The molecule has 0 atom stereocenters. The van der Waals surface area contributed by atoms with Crippen LogP contribution in [0.3, 0.4) is 0 Å². The quantitative estimate of drug-likeness (QED) is 0.674. The van der Waals surface area contributed by atoms with Crippen molar-refractivity contribution < 1.29 is 19.1 Å². The van der Waals surface area contributed by atoms with E-state index in [9.17, 15) is 9.59 Å². The summed E-state index contributed by atoms with van der Waals surface area (Å²) in [6.07, 6.45) is 0. The largest absolute Gasteiger partial charge is 0.497 e. The number of rotatable bonds is 6. The molecule has 0 aliphatic heterocycles. The molecule has 0 saturated heterocycles. The Balaban J connectivity index is 2.06. The van der Waals surface area contributed by atoms with Crippen molar-refractivity contribution in [2.24, 2.45) is 0 Å². The highest BCUT2D eigenvalue weighted by Gasteiger charge is 2.18. The monoisotopic (exact) mass is 470 g/mol. The predicted octanol–water partition coefficient (Wildman–Crippen LogP) is 3.60. The van der Waals surface area contributed by atoms with Crippen molar-refractivity contribution in [3.63, 3.8) is 0 Å². The van der Waals surface area contributed by atoms with Crippen molar-refractivity contribution in [3.8, 4) is 11.5 Å². The molecule has 0 unspecified atom stereocenters. The maximum Gasteiger partial charge on any atom is 0.255 e. The number of methoxy groups -OCH3 is 2. The Bertz CT molecular complexity index is 796. The summed E-state index contributed by atoms with van der Waals surface area (Å²) in [6, 6.07) is 10.4. The van der Waals surface area contributed by atoms with Crippen LogP contribution in [0.1, 0.15) is 10.4 Å². The van der Waals surface area contributed by atoms with Gasteiger partial charge in [-0.3, -0.25) is 9.59 Å². The zero-order valence-electron chi connectivity index (χ0n) is 13.6. The van der Waals surface area contributed by atoms with Crippen molar-refractivity contribution in [3.05, 3.63) is 50.9 Å². The number of carbonyl (C=O) groups is 2. The molecule has 132 valence electrons. The van der Waals surface area contributed by atoms with Crippen molar-refractivity contribution in [1.29, 1.82) is 0 Å². The summed E-state index contributed by atoms with van der Waals surface area (Å²) < 4.78 is 11.7. The molecule has 0 radical (unpaired) electrons. The Morgan fingerprint density at radius 3 is 2.40 bits per heavy atom. The third kappa shape index (κ3) is 4.96. The molecule has 2 aromatic carbocycles. The van der Waals surface area contributed by atoms with Gasteiger partial charge in [-0.2, -0.15) is 0 Å². The summed E-state index contributed by atoms with van der Waals surface area (Å²) >= 11 is 6.68. The molecule has 2 amide bonds. The van der Waals surface area contributed by atoms with Crippen LogP contribution < -0.4 is 20.1 Å². The number of anilines is 1. The number of hydrogen-bond donors (Lipinski definition) is 2. The van der Waals surface area contributed by atoms with Crippen molar-refractivity contribution >= 4 is 49.4 Å². The minimum absolute atomic E-state index is 0.182. The average molecular weight is 472 g/mol. The summed E-state index contributed by atoms with van der Waals surface area (Å²) in [6.45, 7) is -0.182. The van der Waals surface area contributed by atoms with E-state index in [0.717, 1.165) is 4.47 Å². The van der Waals surface area contributed by atoms with Gasteiger partial charge >= 0.3 is 0 Å². The van der Waals surface area contributed by atoms with Gasteiger partial charge in [0.25, 0.3) is 5.91 Å². The Morgan fingerprint density at radius 2 is 1.76 bits per heavy atom. The van der Waals surface area contributed by atoms with E-state index < -0.39 is 5.91 Å². The van der Waals surface area contributed by atoms with E-state index in [1.165, 1.54) is 14.2 Å². The second-order valence-electron chi connectivity index (χ2n) is 4.90. The van der Waals surface area contributed by atoms with E-state index in [1.807, 2.05) is 12.1 Å². The predicted molar refractivity (Wildman–Crippen MR) is 102 cm³/mol. The summed E-state index contributed by atoms with van der Waals surface area (Å²) in [5.41, 5.74) is 0.894. The minimum atomic E-state index is -0.446. The molecule has 8 heteroatoms. The molecular weight excluding hydrogens is 456 g/mol. The van der Waals surface area contributed by atoms with Gasteiger partial charge < -0.3 is 20.1 Å². The lowest BCUT2D eigenvalue weighted by molar-refractivity contribution is -0.115. The maximum atomic E-state index is 12.4. The topological polar surface area (TPSA) is 76.7 Å². The van der Waals surface area contributed by atoms with Gasteiger partial charge in [0.15, 0.2) is 0 Å². The summed E-state index contributed by atoms with van der Waals surface area (Å²) in [5.74, 6) is 0.0694. The summed E-state index contributed by atoms with van der Waals surface area (Å²) in [7, 11) is 2.96. The van der Waals surface area contributed by atoms with Gasteiger partial charge in [0, 0.05) is 4.47 Å². The molecule has 0 fully saturated rings. The number of carbonyl (C=O) groups excluding carboxylic acids is 2. The average Bonchev–Trinajstić information content (AvgIpc) is 2.60. The molecule has 0 bridgehead atoms. The summed E-state index contributed by atoms with van der Waals surface area (Å²) in [4.78, 5) is 24.4. The molecule has 0 aromatic heterocycles. The highest BCUT2D eigenvalue weighted by atomic mass is 79.9. The highest BCUT2D eigenvalue weighted by molar-refractivity contribution is 9.11. The third-order valence-electron chi connectivity index (χ3n) is 3.26. The van der Waals surface area contributed by atoms with Crippen LogP contribution in [0.15, 0.2) is 45.3 Å². The van der Waals surface area contributed by atoms with E-state index in [2.05, 4.69) is 42.5 Å². The zero-order valence-corrected chi connectivity index (χ0v) is 16.7. The van der Waals surface area contributed by atoms with Gasteiger partial charge in [0.05, 0.1) is 36.5 Å². The molecule has 0 aliphatic rings. The van der Waals surface area contributed by atoms with Crippen LogP contribution in [0, 0.1) is 0 Å².